The molecule has 2 unspecified atom stereocenters. The average Bonchev–Trinajstić information content (AvgIpc) is 2.83. The van der Waals surface area contributed by atoms with Crippen LogP contribution in [0.15, 0.2) is 41.3 Å². The number of aliphatic hydroxyl groups excluding tert-OH is 2. The number of hydrogen-bond donors (Lipinski definition) is 2. The third-order valence-electron chi connectivity index (χ3n) is 7.17. The Hall–Kier alpha value is -1.25. The van der Waals surface area contributed by atoms with Crippen molar-refractivity contribution in [1.82, 2.24) is 0 Å². The van der Waals surface area contributed by atoms with Crippen LogP contribution in [0.1, 0.15) is 116 Å². The zero-order chi connectivity index (χ0) is 28.2. The fourth-order valence-corrected chi connectivity index (χ4v) is 4.56. The van der Waals surface area contributed by atoms with E-state index in [9.17, 15) is 23.2 Å². The van der Waals surface area contributed by atoms with Gasteiger partial charge in [0.1, 0.15) is 10.1 Å². The Balaban J connectivity index is 0.000000970. The number of rotatable bonds is 19. The first-order valence-corrected chi connectivity index (χ1v) is 15.7. The fourth-order valence-electron chi connectivity index (χ4n) is 4.09. The Morgan fingerprint density at radius 1 is 0.784 bits per heavy atom. The van der Waals surface area contributed by atoms with Crippen LogP contribution in [0.5, 0.6) is 0 Å². The fraction of sp³-hybridized carbons (Fsp3) is 0.733. The normalized spacial score (nSPS) is 15.1. The van der Waals surface area contributed by atoms with Crippen molar-refractivity contribution in [3.63, 3.8) is 0 Å². The highest BCUT2D eigenvalue weighted by Crippen LogP contribution is 2.16. The number of allylic oxidation sites excluding steroid dienone is 2. The third kappa shape index (κ3) is 17.8. The summed E-state index contributed by atoms with van der Waals surface area (Å²) in [7, 11) is -2.33. The van der Waals surface area contributed by atoms with Gasteiger partial charge in [-0.2, -0.15) is 0 Å². The minimum atomic E-state index is -4.27. The number of unbranched alkanes of at least 4 members (excludes halogenated alkanes) is 12. The number of hydrogen-bond acceptors (Lipinski definition) is 5. The van der Waals surface area contributed by atoms with Crippen molar-refractivity contribution in [2.24, 2.45) is 0 Å². The molecule has 0 spiro atoms. The lowest BCUT2D eigenvalue weighted by Gasteiger charge is -2.39. The van der Waals surface area contributed by atoms with Gasteiger partial charge in [-0.3, -0.25) is 4.48 Å². The molecule has 0 heterocycles. The van der Waals surface area contributed by atoms with Gasteiger partial charge in [-0.25, -0.2) is 8.42 Å². The highest BCUT2D eigenvalue weighted by Gasteiger charge is 2.31. The second-order valence-electron chi connectivity index (χ2n) is 10.5. The molecule has 7 heteroatoms. The van der Waals surface area contributed by atoms with Gasteiger partial charge in [0.15, 0.2) is 12.5 Å². The number of aliphatic hydroxyl groups is 2. The molecule has 0 aliphatic rings. The van der Waals surface area contributed by atoms with Crippen molar-refractivity contribution in [2.45, 2.75) is 135 Å². The van der Waals surface area contributed by atoms with Crippen LogP contribution in [0.3, 0.4) is 0 Å². The summed E-state index contributed by atoms with van der Waals surface area (Å²) in [6.07, 6.45) is 22.0. The zero-order valence-electron chi connectivity index (χ0n) is 24.2. The van der Waals surface area contributed by atoms with Crippen molar-refractivity contribution >= 4 is 10.1 Å². The lowest BCUT2D eigenvalue weighted by atomic mass is 10.1. The molecule has 0 bridgehead atoms. The molecule has 0 saturated heterocycles. The van der Waals surface area contributed by atoms with Crippen LogP contribution in [-0.4, -0.2) is 53.7 Å². The third-order valence-corrected chi connectivity index (χ3v) is 8.02. The number of aryl methyl sites for hydroxylation is 1. The minimum Gasteiger partial charge on any atom is -0.744 e. The molecule has 0 aromatic heterocycles. The van der Waals surface area contributed by atoms with Gasteiger partial charge in [0, 0.05) is 13.8 Å². The van der Waals surface area contributed by atoms with Gasteiger partial charge >= 0.3 is 0 Å². The highest BCUT2D eigenvalue weighted by molar-refractivity contribution is 7.85. The second-order valence-corrected chi connectivity index (χ2v) is 11.9. The van der Waals surface area contributed by atoms with Crippen LogP contribution in [0, 0.1) is 6.92 Å². The smallest absolute Gasteiger partial charge is 0.189 e. The first kappa shape index (κ1) is 35.8. The lowest BCUT2D eigenvalue weighted by molar-refractivity contribution is -0.990. The van der Waals surface area contributed by atoms with Crippen molar-refractivity contribution in [3.8, 4) is 0 Å². The predicted molar refractivity (Wildman–Crippen MR) is 153 cm³/mol. The SMILES string of the molecule is CCCCCCCC/C=C\CCCCCCCC[N+](C)(C(C)O)C(C)O.Cc1ccc(S(=O)(=O)[O-])cc1. The molecule has 1 aromatic rings. The van der Waals surface area contributed by atoms with Crippen LogP contribution in [0.4, 0.5) is 0 Å². The maximum atomic E-state index is 10.4. The molecule has 1 aromatic carbocycles. The van der Waals surface area contributed by atoms with E-state index in [-0.39, 0.29) is 4.90 Å². The summed E-state index contributed by atoms with van der Waals surface area (Å²) in [6, 6.07) is 5.78. The van der Waals surface area contributed by atoms with E-state index in [1.54, 1.807) is 26.0 Å². The maximum absolute atomic E-state index is 10.4. The summed E-state index contributed by atoms with van der Waals surface area (Å²) in [5, 5.41) is 19.7. The summed E-state index contributed by atoms with van der Waals surface area (Å²) in [5.74, 6) is 0. The molecule has 37 heavy (non-hydrogen) atoms. The summed E-state index contributed by atoms with van der Waals surface area (Å²) in [4.78, 5) is -0.178. The Bertz CT molecular complexity index is 796. The van der Waals surface area contributed by atoms with E-state index in [4.69, 9.17) is 0 Å². The first-order valence-electron chi connectivity index (χ1n) is 14.3. The molecular weight excluding hydrogens is 486 g/mol. The van der Waals surface area contributed by atoms with Gasteiger partial charge in [-0.05, 0) is 57.6 Å². The first-order chi connectivity index (χ1) is 17.4. The number of nitrogens with zero attached hydrogens (tertiary/aromatic N) is 1. The minimum absolute atomic E-state index is 0.178. The Kier molecular flexibility index (Phi) is 20.0. The van der Waals surface area contributed by atoms with E-state index in [2.05, 4.69) is 19.1 Å². The predicted octanol–water partition coefficient (Wildman–Crippen LogP) is 7.05. The van der Waals surface area contributed by atoms with E-state index < -0.39 is 22.6 Å². The van der Waals surface area contributed by atoms with Crippen LogP contribution >= 0.6 is 0 Å². The highest BCUT2D eigenvalue weighted by atomic mass is 32.2. The topological polar surface area (TPSA) is 97.7 Å². The molecule has 0 amide bonds. The van der Waals surface area contributed by atoms with E-state index in [0.29, 0.717) is 4.48 Å². The average molecular weight is 542 g/mol. The molecule has 2 atom stereocenters. The molecule has 0 aliphatic carbocycles. The van der Waals surface area contributed by atoms with Gasteiger partial charge in [-0.1, -0.05) is 88.1 Å². The van der Waals surface area contributed by atoms with E-state index >= 15 is 0 Å². The molecule has 6 nitrogen and oxygen atoms in total. The quantitative estimate of drug-likeness (QED) is 0.0643. The van der Waals surface area contributed by atoms with Crippen LogP contribution < -0.4 is 0 Å². The molecule has 1 rings (SSSR count). The lowest BCUT2D eigenvalue weighted by Crippen LogP contribution is -2.57. The zero-order valence-corrected chi connectivity index (χ0v) is 25.0. The summed E-state index contributed by atoms with van der Waals surface area (Å²) >= 11 is 0. The maximum Gasteiger partial charge on any atom is 0.189 e. The summed E-state index contributed by atoms with van der Waals surface area (Å²) in [5.41, 5.74) is 0.928. The summed E-state index contributed by atoms with van der Waals surface area (Å²) in [6.45, 7) is 8.48. The molecule has 0 fully saturated rings. The van der Waals surface area contributed by atoms with Gasteiger partial charge in [0.2, 0.25) is 0 Å². The van der Waals surface area contributed by atoms with Gasteiger partial charge < -0.3 is 14.8 Å². The number of benzene rings is 1. The molecule has 0 aliphatic heterocycles. The van der Waals surface area contributed by atoms with Crippen molar-refractivity contribution in [3.05, 3.63) is 42.0 Å². The van der Waals surface area contributed by atoms with Crippen LogP contribution in [0.25, 0.3) is 0 Å². The Morgan fingerprint density at radius 3 is 1.59 bits per heavy atom. The molecule has 0 radical (unpaired) electrons. The monoisotopic (exact) mass is 541 g/mol. The van der Waals surface area contributed by atoms with Gasteiger partial charge in [-0.15, -0.1) is 0 Å². The molecule has 0 saturated carbocycles. The molecule has 216 valence electrons. The van der Waals surface area contributed by atoms with Crippen molar-refractivity contribution in [2.75, 3.05) is 13.6 Å². The second kappa shape index (κ2) is 20.7. The molecular formula is C30H55NO5S. The standard InChI is InChI=1S/C23H48NO2.C7H8O3S/c1-5-6-7-8-9-10-11-12-13-14-15-16-17-18-19-20-21-24(4,22(2)25)23(3)26;1-6-2-4-7(5-3-6)11(8,9)10/h12-13,22-23,25-26H,5-11,14-21H2,1-4H3;2-5H,1H3,(H,8,9,10)/q+1;/p-1/b13-12-;. The van der Waals surface area contributed by atoms with Crippen LogP contribution in [-0.2, 0) is 10.1 Å². The van der Waals surface area contributed by atoms with E-state index in [1.165, 1.54) is 95.6 Å². The van der Waals surface area contributed by atoms with E-state index in [1.807, 2.05) is 14.0 Å². The number of quaternary nitrogens is 1. The Morgan fingerprint density at radius 2 is 1.19 bits per heavy atom. The largest absolute Gasteiger partial charge is 0.744 e. The van der Waals surface area contributed by atoms with Gasteiger partial charge in [0.25, 0.3) is 0 Å². The van der Waals surface area contributed by atoms with Crippen molar-refractivity contribution in [1.29, 1.82) is 0 Å². The molecule has 2 N–H and O–H groups in total. The van der Waals surface area contributed by atoms with Crippen LogP contribution in [0.2, 0.25) is 0 Å². The summed E-state index contributed by atoms with van der Waals surface area (Å²) < 4.78 is 31.5. The van der Waals surface area contributed by atoms with E-state index in [0.717, 1.165) is 18.5 Å². The van der Waals surface area contributed by atoms with Crippen molar-refractivity contribution < 1.29 is 27.7 Å². The Labute approximate surface area is 228 Å². The van der Waals surface area contributed by atoms with Gasteiger partial charge in [0.05, 0.1) is 18.5 Å².